The number of rotatable bonds is 5. The highest BCUT2D eigenvalue weighted by Crippen LogP contribution is 2.20. The van der Waals surface area contributed by atoms with Gasteiger partial charge in [-0.1, -0.05) is 6.07 Å². The van der Waals surface area contributed by atoms with Gasteiger partial charge < -0.3 is 19.8 Å². The fourth-order valence-electron chi connectivity index (χ4n) is 3.83. The largest absolute Gasteiger partial charge is 0.393 e. The van der Waals surface area contributed by atoms with Crippen LogP contribution in [-0.2, 0) is 4.79 Å². The van der Waals surface area contributed by atoms with E-state index in [4.69, 9.17) is 0 Å². The van der Waals surface area contributed by atoms with Gasteiger partial charge >= 0.3 is 0 Å². The van der Waals surface area contributed by atoms with Crippen molar-refractivity contribution in [3.05, 3.63) is 24.4 Å². The maximum Gasteiger partial charge on any atom is 0.223 e. The van der Waals surface area contributed by atoms with Crippen molar-refractivity contribution in [3.63, 3.8) is 0 Å². The smallest absolute Gasteiger partial charge is 0.223 e. The second kappa shape index (κ2) is 8.63. The Bertz CT molecular complexity index is 544. The van der Waals surface area contributed by atoms with Gasteiger partial charge in [0.2, 0.25) is 5.91 Å². The molecular formula is C19H30N4O2. The van der Waals surface area contributed by atoms with Crippen molar-refractivity contribution in [3.8, 4) is 0 Å². The fourth-order valence-corrected chi connectivity index (χ4v) is 3.83. The van der Waals surface area contributed by atoms with Crippen molar-refractivity contribution in [1.29, 1.82) is 0 Å². The number of likely N-dealkylation sites (tertiary alicyclic amines) is 1. The number of nitrogens with zero attached hydrogens (tertiary/aromatic N) is 4. The minimum Gasteiger partial charge on any atom is -0.393 e. The fraction of sp³-hybridized carbons (Fsp3) is 0.684. The van der Waals surface area contributed by atoms with E-state index >= 15 is 0 Å². The van der Waals surface area contributed by atoms with Crippen LogP contribution in [0.25, 0.3) is 0 Å². The monoisotopic (exact) mass is 346 g/mol. The van der Waals surface area contributed by atoms with Crippen LogP contribution in [0.15, 0.2) is 24.4 Å². The topological polar surface area (TPSA) is 59.9 Å². The number of hydrogen-bond acceptors (Lipinski definition) is 5. The lowest BCUT2D eigenvalue weighted by Gasteiger charge is -2.37. The number of carbonyl (C=O) groups is 1. The highest BCUT2D eigenvalue weighted by atomic mass is 16.3. The third-order valence-electron chi connectivity index (χ3n) is 5.47. The molecule has 1 N–H and O–H groups in total. The Morgan fingerprint density at radius 1 is 1.28 bits per heavy atom. The van der Waals surface area contributed by atoms with Gasteiger partial charge in [-0.15, -0.1) is 0 Å². The molecule has 6 nitrogen and oxygen atoms in total. The molecule has 1 aromatic rings. The van der Waals surface area contributed by atoms with Gasteiger partial charge in [0.05, 0.1) is 6.10 Å². The number of aliphatic hydroxyl groups is 1. The van der Waals surface area contributed by atoms with E-state index in [0.29, 0.717) is 12.3 Å². The van der Waals surface area contributed by atoms with Gasteiger partial charge in [0.15, 0.2) is 0 Å². The van der Waals surface area contributed by atoms with Crippen LogP contribution < -0.4 is 4.90 Å². The number of anilines is 1. The van der Waals surface area contributed by atoms with E-state index in [0.717, 1.165) is 64.5 Å². The van der Waals surface area contributed by atoms with Crippen LogP contribution in [0.3, 0.4) is 0 Å². The first kappa shape index (κ1) is 18.1. The molecule has 0 spiro atoms. The summed E-state index contributed by atoms with van der Waals surface area (Å²) in [6.45, 7) is 7.87. The molecule has 0 aromatic carbocycles. The standard InChI is InChI=1S/C19H30N4O2/c1-16(24)17-5-4-9-21(15-17)10-7-19(25)23-13-11-22(12-14-23)18-6-2-3-8-20-18/h2-3,6,8,16-17,24H,4-5,7,9-15H2,1H3. The lowest BCUT2D eigenvalue weighted by atomic mass is 9.93. The van der Waals surface area contributed by atoms with E-state index in [1.165, 1.54) is 0 Å². The predicted octanol–water partition coefficient (Wildman–Crippen LogP) is 1.21. The van der Waals surface area contributed by atoms with E-state index in [-0.39, 0.29) is 12.0 Å². The maximum atomic E-state index is 12.5. The van der Waals surface area contributed by atoms with E-state index < -0.39 is 0 Å². The summed E-state index contributed by atoms with van der Waals surface area (Å²) < 4.78 is 0. The number of amides is 1. The molecule has 138 valence electrons. The molecule has 2 aliphatic rings. The van der Waals surface area contributed by atoms with E-state index in [1.54, 1.807) is 0 Å². The van der Waals surface area contributed by atoms with Gasteiger partial charge in [-0.3, -0.25) is 4.79 Å². The van der Waals surface area contributed by atoms with Gasteiger partial charge in [-0.25, -0.2) is 4.98 Å². The quantitative estimate of drug-likeness (QED) is 0.868. The summed E-state index contributed by atoms with van der Waals surface area (Å²) in [6, 6.07) is 5.94. The molecule has 2 fully saturated rings. The number of aromatic nitrogens is 1. The molecule has 3 rings (SSSR count). The summed E-state index contributed by atoms with van der Waals surface area (Å²) in [5, 5.41) is 9.78. The van der Waals surface area contributed by atoms with Gasteiger partial charge in [-0.2, -0.15) is 0 Å². The number of hydrogen-bond donors (Lipinski definition) is 1. The average Bonchev–Trinajstić information content (AvgIpc) is 2.67. The Labute approximate surface area is 150 Å². The zero-order chi connectivity index (χ0) is 17.6. The van der Waals surface area contributed by atoms with Crippen LogP contribution in [-0.4, -0.2) is 77.7 Å². The molecule has 1 amide bonds. The normalized spacial score (nSPS) is 23.5. The summed E-state index contributed by atoms with van der Waals surface area (Å²) in [4.78, 5) is 23.5. The molecule has 2 saturated heterocycles. The lowest BCUT2D eigenvalue weighted by molar-refractivity contribution is -0.132. The van der Waals surface area contributed by atoms with Gasteiger partial charge in [0, 0.05) is 51.9 Å². The number of carbonyl (C=O) groups excluding carboxylic acids is 1. The maximum absolute atomic E-state index is 12.5. The molecule has 0 radical (unpaired) electrons. The molecule has 25 heavy (non-hydrogen) atoms. The number of pyridine rings is 1. The second-order valence-corrected chi connectivity index (χ2v) is 7.25. The van der Waals surface area contributed by atoms with Gasteiger partial charge in [0.1, 0.15) is 5.82 Å². The Morgan fingerprint density at radius 3 is 2.76 bits per heavy atom. The van der Waals surface area contributed by atoms with Crippen LogP contribution >= 0.6 is 0 Å². The first-order chi connectivity index (χ1) is 12.1. The van der Waals surface area contributed by atoms with E-state index in [1.807, 2.05) is 36.2 Å². The minimum atomic E-state index is -0.252. The second-order valence-electron chi connectivity index (χ2n) is 7.25. The highest BCUT2D eigenvalue weighted by Gasteiger charge is 2.25. The SMILES string of the molecule is CC(O)C1CCCN(CCC(=O)N2CCN(c3ccccn3)CC2)C1. The first-order valence-corrected chi connectivity index (χ1v) is 9.47. The summed E-state index contributed by atoms with van der Waals surface area (Å²) >= 11 is 0. The molecule has 1 aromatic heterocycles. The van der Waals surface area contributed by atoms with Crippen LogP contribution in [0.4, 0.5) is 5.82 Å². The molecular weight excluding hydrogens is 316 g/mol. The zero-order valence-corrected chi connectivity index (χ0v) is 15.2. The molecule has 2 unspecified atom stereocenters. The first-order valence-electron chi connectivity index (χ1n) is 9.47. The summed E-state index contributed by atoms with van der Waals surface area (Å²) in [7, 11) is 0. The van der Waals surface area contributed by atoms with Crippen molar-refractivity contribution in [1.82, 2.24) is 14.8 Å². The van der Waals surface area contributed by atoms with Gasteiger partial charge in [0.25, 0.3) is 0 Å². The van der Waals surface area contributed by atoms with Crippen LogP contribution in [0.5, 0.6) is 0 Å². The van der Waals surface area contributed by atoms with Crippen LogP contribution in [0.2, 0.25) is 0 Å². The average molecular weight is 346 g/mol. The molecule has 6 heteroatoms. The van der Waals surface area contributed by atoms with E-state index in [9.17, 15) is 9.90 Å². The third kappa shape index (κ3) is 4.92. The van der Waals surface area contributed by atoms with Crippen LogP contribution in [0.1, 0.15) is 26.2 Å². The molecule has 2 aliphatic heterocycles. The molecule has 3 heterocycles. The number of piperazine rings is 1. The third-order valence-corrected chi connectivity index (χ3v) is 5.47. The highest BCUT2D eigenvalue weighted by molar-refractivity contribution is 5.76. The number of aliphatic hydroxyl groups excluding tert-OH is 1. The molecule has 0 saturated carbocycles. The lowest BCUT2D eigenvalue weighted by Crippen LogP contribution is -2.49. The minimum absolute atomic E-state index is 0.250. The van der Waals surface area contributed by atoms with Crippen molar-refractivity contribution in [2.45, 2.75) is 32.3 Å². The van der Waals surface area contributed by atoms with Crippen molar-refractivity contribution in [2.75, 3.05) is 50.7 Å². The molecule has 0 bridgehead atoms. The Kier molecular flexibility index (Phi) is 6.26. The van der Waals surface area contributed by atoms with Gasteiger partial charge in [-0.05, 0) is 44.4 Å². The Morgan fingerprint density at radius 2 is 2.08 bits per heavy atom. The van der Waals surface area contributed by atoms with E-state index in [2.05, 4.69) is 14.8 Å². The summed E-state index contributed by atoms with van der Waals surface area (Å²) in [5.74, 6) is 1.60. The van der Waals surface area contributed by atoms with Crippen molar-refractivity contribution >= 4 is 11.7 Å². The number of piperidine rings is 1. The van der Waals surface area contributed by atoms with Crippen molar-refractivity contribution < 1.29 is 9.90 Å². The summed E-state index contributed by atoms with van der Waals surface area (Å²) in [5.41, 5.74) is 0. The Balaban J connectivity index is 1.41. The predicted molar refractivity (Wildman–Crippen MR) is 98.5 cm³/mol. The molecule has 0 aliphatic carbocycles. The van der Waals surface area contributed by atoms with Crippen molar-refractivity contribution in [2.24, 2.45) is 5.92 Å². The van der Waals surface area contributed by atoms with Crippen LogP contribution in [0, 0.1) is 5.92 Å². The zero-order valence-electron chi connectivity index (χ0n) is 15.2. The summed E-state index contributed by atoms with van der Waals surface area (Å²) in [6.07, 6.45) is 4.35. The Hall–Kier alpha value is -1.66. The molecule has 2 atom stereocenters.